The van der Waals surface area contributed by atoms with Gasteiger partial charge in [0.05, 0.1) is 17.7 Å². The summed E-state index contributed by atoms with van der Waals surface area (Å²) in [6.45, 7) is 8.65. The van der Waals surface area contributed by atoms with Gasteiger partial charge in [-0.1, -0.05) is 61.0 Å². The maximum atomic E-state index is 14.2. The van der Waals surface area contributed by atoms with Crippen LogP contribution in [0.5, 0.6) is 5.75 Å². The average molecular weight is 600 g/mol. The van der Waals surface area contributed by atoms with Gasteiger partial charge in [-0.15, -0.1) is 0 Å². The lowest BCUT2D eigenvalue weighted by molar-refractivity contribution is -0.141. The van der Waals surface area contributed by atoms with Crippen molar-refractivity contribution >= 4 is 39.1 Å². The number of sulfonamides is 1. The van der Waals surface area contributed by atoms with Gasteiger partial charge in [0.2, 0.25) is 11.8 Å². The zero-order chi connectivity index (χ0) is 30.4. The molecule has 1 atom stereocenters. The second kappa shape index (κ2) is 13.4. The molecule has 0 aliphatic rings. The Morgan fingerprint density at radius 3 is 2.22 bits per heavy atom. The second-order valence-corrected chi connectivity index (χ2v) is 13.0. The molecule has 3 aromatic rings. The van der Waals surface area contributed by atoms with E-state index in [0.29, 0.717) is 17.0 Å². The number of aryl methyl sites for hydroxylation is 1. The van der Waals surface area contributed by atoms with E-state index in [1.54, 1.807) is 60.7 Å². The van der Waals surface area contributed by atoms with Crippen molar-refractivity contribution in [1.29, 1.82) is 0 Å². The minimum atomic E-state index is -4.22. The summed E-state index contributed by atoms with van der Waals surface area (Å²) in [4.78, 5) is 29.1. The number of hydrogen-bond donors (Lipinski definition) is 1. The molecule has 0 aliphatic heterocycles. The van der Waals surface area contributed by atoms with Crippen LogP contribution < -0.4 is 14.4 Å². The molecule has 0 spiro atoms. The van der Waals surface area contributed by atoms with Crippen LogP contribution in [0.1, 0.15) is 45.2 Å². The summed E-state index contributed by atoms with van der Waals surface area (Å²) in [5.74, 6) is -0.618. The van der Waals surface area contributed by atoms with Crippen LogP contribution in [-0.4, -0.2) is 50.4 Å². The van der Waals surface area contributed by atoms with Crippen LogP contribution in [0, 0.1) is 6.92 Å². The number of anilines is 1. The molecule has 1 N–H and O–H groups in total. The lowest BCUT2D eigenvalue weighted by Gasteiger charge is -2.35. The Morgan fingerprint density at radius 1 is 1.00 bits per heavy atom. The quantitative estimate of drug-likeness (QED) is 0.311. The molecule has 41 heavy (non-hydrogen) atoms. The molecule has 0 saturated carbocycles. The third kappa shape index (κ3) is 8.01. The summed E-state index contributed by atoms with van der Waals surface area (Å²) in [5.41, 5.74) is 1.09. The van der Waals surface area contributed by atoms with Gasteiger partial charge in [0, 0.05) is 17.1 Å². The van der Waals surface area contributed by atoms with Crippen LogP contribution in [0.3, 0.4) is 0 Å². The molecule has 0 radical (unpaired) electrons. The van der Waals surface area contributed by atoms with Crippen molar-refractivity contribution in [2.24, 2.45) is 0 Å². The summed E-state index contributed by atoms with van der Waals surface area (Å²) in [7, 11) is -2.77. The standard InChI is InChI=1S/C31H38ClN3O5S/c1-7-26(30(37)33-31(3,4)5)34(20-23-13-11-12-16-25(23)32)29(36)21-35(27-19-22(2)17-18-28(27)40-6)41(38,39)24-14-9-8-10-15-24/h8-19,26H,7,20-21H2,1-6H3,(H,33,37)/t26-/m0/s1. The summed E-state index contributed by atoms with van der Waals surface area (Å²) in [6.07, 6.45) is 0.303. The van der Waals surface area contributed by atoms with Crippen molar-refractivity contribution in [2.75, 3.05) is 18.0 Å². The fourth-order valence-electron chi connectivity index (χ4n) is 4.41. The van der Waals surface area contributed by atoms with Crippen LogP contribution in [0.2, 0.25) is 5.02 Å². The zero-order valence-electron chi connectivity index (χ0n) is 24.3. The van der Waals surface area contributed by atoms with E-state index < -0.39 is 34.1 Å². The van der Waals surface area contributed by atoms with E-state index >= 15 is 0 Å². The molecule has 2 amide bonds. The van der Waals surface area contributed by atoms with Gasteiger partial charge in [0.25, 0.3) is 10.0 Å². The third-order valence-electron chi connectivity index (χ3n) is 6.40. The number of rotatable bonds is 11. The highest BCUT2D eigenvalue weighted by Crippen LogP contribution is 2.34. The highest BCUT2D eigenvalue weighted by molar-refractivity contribution is 7.92. The summed E-state index contributed by atoms with van der Waals surface area (Å²) >= 11 is 6.46. The predicted molar refractivity (Wildman–Crippen MR) is 163 cm³/mol. The Kier molecular flexibility index (Phi) is 10.4. The lowest BCUT2D eigenvalue weighted by Crippen LogP contribution is -2.55. The van der Waals surface area contributed by atoms with E-state index in [1.165, 1.54) is 24.1 Å². The largest absolute Gasteiger partial charge is 0.495 e. The van der Waals surface area contributed by atoms with E-state index in [9.17, 15) is 18.0 Å². The highest BCUT2D eigenvalue weighted by atomic mass is 35.5. The lowest BCUT2D eigenvalue weighted by atomic mass is 10.1. The molecule has 220 valence electrons. The molecule has 3 aromatic carbocycles. The molecule has 0 heterocycles. The van der Waals surface area contributed by atoms with Gasteiger partial charge >= 0.3 is 0 Å². The number of halogens is 1. The Hall–Kier alpha value is -3.56. The Labute approximate surface area is 248 Å². The number of carbonyl (C=O) groups is 2. The first-order chi connectivity index (χ1) is 19.3. The van der Waals surface area contributed by atoms with Gasteiger partial charge in [0.1, 0.15) is 18.3 Å². The highest BCUT2D eigenvalue weighted by Gasteiger charge is 2.35. The third-order valence-corrected chi connectivity index (χ3v) is 8.54. The smallest absolute Gasteiger partial charge is 0.264 e. The normalized spacial score (nSPS) is 12.4. The van der Waals surface area contributed by atoms with Gasteiger partial charge in [-0.05, 0) is 75.6 Å². The average Bonchev–Trinajstić information content (AvgIpc) is 2.92. The first kappa shape index (κ1) is 32.0. The Balaban J connectivity index is 2.14. The minimum Gasteiger partial charge on any atom is -0.495 e. The van der Waals surface area contributed by atoms with Gasteiger partial charge < -0.3 is 15.0 Å². The van der Waals surface area contributed by atoms with Crippen molar-refractivity contribution < 1.29 is 22.7 Å². The molecule has 0 aliphatic carbocycles. The van der Waals surface area contributed by atoms with Gasteiger partial charge in [-0.3, -0.25) is 13.9 Å². The molecule has 3 rings (SSSR count). The summed E-state index contributed by atoms with van der Waals surface area (Å²) in [6, 6.07) is 19.2. The fraction of sp³-hybridized carbons (Fsp3) is 0.355. The van der Waals surface area contributed by atoms with Gasteiger partial charge in [-0.25, -0.2) is 8.42 Å². The Bertz CT molecular complexity index is 1470. The van der Waals surface area contributed by atoms with E-state index in [1.807, 2.05) is 34.6 Å². The number of amides is 2. The SMILES string of the molecule is CC[C@@H](C(=O)NC(C)(C)C)N(Cc1ccccc1Cl)C(=O)CN(c1cc(C)ccc1OC)S(=O)(=O)c1ccccc1. The molecule has 0 saturated heterocycles. The minimum absolute atomic E-state index is 0.0127. The van der Waals surface area contributed by atoms with Crippen molar-refractivity contribution in [1.82, 2.24) is 10.2 Å². The summed E-state index contributed by atoms with van der Waals surface area (Å²) in [5, 5.41) is 3.39. The number of benzene rings is 3. The van der Waals surface area contributed by atoms with Crippen molar-refractivity contribution in [3.8, 4) is 5.75 Å². The molecule has 0 bridgehead atoms. The van der Waals surface area contributed by atoms with E-state index in [0.717, 1.165) is 9.87 Å². The number of nitrogens with one attached hydrogen (secondary N) is 1. The summed E-state index contributed by atoms with van der Waals surface area (Å²) < 4.78 is 34.6. The zero-order valence-corrected chi connectivity index (χ0v) is 25.9. The number of nitrogens with zero attached hydrogens (tertiary/aromatic N) is 2. The first-order valence-electron chi connectivity index (χ1n) is 13.4. The van der Waals surface area contributed by atoms with Crippen LogP contribution in [-0.2, 0) is 26.2 Å². The van der Waals surface area contributed by atoms with Crippen LogP contribution >= 0.6 is 11.6 Å². The van der Waals surface area contributed by atoms with Crippen molar-refractivity contribution in [3.63, 3.8) is 0 Å². The molecule has 0 unspecified atom stereocenters. The number of ether oxygens (including phenoxy) is 1. The van der Waals surface area contributed by atoms with E-state index in [4.69, 9.17) is 16.3 Å². The molecule has 8 nitrogen and oxygen atoms in total. The topological polar surface area (TPSA) is 96.0 Å². The van der Waals surface area contributed by atoms with Crippen molar-refractivity contribution in [2.45, 2.75) is 64.1 Å². The van der Waals surface area contributed by atoms with Crippen LogP contribution in [0.4, 0.5) is 5.69 Å². The number of carbonyl (C=O) groups excluding carboxylic acids is 2. The predicted octanol–water partition coefficient (Wildman–Crippen LogP) is 5.57. The number of methoxy groups -OCH3 is 1. The van der Waals surface area contributed by atoms with Crippen molar-refractivity contribution in [3.05, 3.63) is 88.9 Å². The second-order valence-electron chi connectivity index (χ2n) is 10.8. The molecule has 0 aromatic heterocycles. The van der Waals surface area contributed by atoms with Gasteiger partial charge in [-0.2, -0.15) is 0 Å². The molecule has 10 heteroatoms. The fourth-order valence-corrected chi connectivity index (χ4v) is 6.04. The monoisotopic (exact) mass is 599 g/mol. The first-order valence-corrected chi connectivity index (χ1v) is 15.2. The van der Waals surface area contributed by atoms with Gasteiger partial charge in [0.15, 0.2) is 0 Å². The van der Waals surface area contributed by atoms with E-state index in [2.05, 4.69) is 5.32 Å². The Morgan fingerprint density at radius 2 is 1.63 bits per heavy atom. The number of hydrogen-bond acceptors (Lipinski definition) is 5. The van der Waals surface area contributed by atoms with E-state index in [-0.39, 0.29) is 28.8 Å². The maximum absolute atomic E-state index is 14.2. The molecular formula is C31H38ClN3O5S. The van der Waals surface area contributed by atoms with Crippen LogP contribution in [0.25, 0.3) is 0 Å². The van der Waals surface area contributed by atoms with Crippen LogP contribution in [0.15, 0.2) is 77.7 Å². The maximum Gasteiger partial charge on any atom is 0.264 e. The molecular weight excluding hydrogens is 562 g/mol. The molecule has 0 fully saturated rings.